The lowest BCUT2D eigenvalue weighted by molar-refractivity contribution is 0.0632. The summed E-state index contributed by atoms with van der Waals surface area (Å²) in [7, 11) is -1.85. The second kappa shape index (κ2) is 6.89. The van der Waals surface area contributed by atoms with Crippen LogP contribution in [0.2, 0.25) is 0 Å². The van der Waals surface area contributed by atoms with E-state index in [-0.39, 0.29) is 10.9 Å². The van der Waals surface area contributed by atoms with Crippen LogP contribution in [0.25, 0.3) is 0 Å². The van der Waals surface area contributed by atoms with Gasteiger partial charge in [-0.25, -0.2) is 8.42 Å². The maximum Gasteiger partial charge on any atom is 0.246 e. The highest BCUT2D eigenvalue weighted by Gasteiger charge is 2.30. The number of ether oxygens (including phenoxy) is 1. The number of nitrogens with zero attached hydrogens (tertiary/aromatic N) is 3. The van der Waals surface area contributed by atoms with Crippen molar-refractivity contribution < 1.29 is 13.2 Å². The summed E-state index contributed by atoms with van der Waals surface area (Å²) in [6.07, 6.45) is 5.20. The van der Waals surface area contributed by atoms with E-state index in [1.807, 2.05) is 0 Å². The van der Waals surface area contributed by atoms with Crippen LogP contribution in [-0.4, -0.2) is 54.7 Å². The number of hydrogen-bond donors (Lipinski definition) is 0. The van der Waals surface area contributed by atoms with Crippen LogP contribution in [0.1, 0.15) is 19.3 Å². The van der Waals surface area contributed by atoms with Crippen LogP contribution in [-0.2, 0) is 21.3 Å². The second-order valence-corrected chi connectivity index (χ2v) is 7.22. The summed E-state index contributed by atoms with van der Waals surface area (Å²) < 4.78 is 33.4. The zero-order valence-corrected chi connectivity index (χ0v) is 13.1. The molecule has 1 saturated heterocycles. The molecule has 1 aromatic rings. The van der Waals surface area contributed by atoms with Gasteiger partial charge in [0.2, 0.25) is 10.0 Å². The van der Waals surface area contributed by atoms with Gasteiger partial charge in [0, 0.05) is 44.9 Å². The summed E-state index contributed by atoms with van der Waals surface area (Å²) in [5.74, 6) is 0.532. The second-order valence-electron chi connectivity index (χ2n) is 4.85. The van der Waals surface area contributed by atoms with Crippen molar-refractivity contribution in [2.24, 2.45) is 0 Å². The first-order chi connectivity index (χ1) is 9.55. The third-order valence-electron chi connectivity index (χ3n) is 3.51. The number of aromatic nitrogens is 2. The zero-order chi connectivity index (χ0) is 14.6. The monoisotopic (exact) mass is 321 g/mol. The Balaban J connectivity index is 2.10. The number of aryl methyl sites for hydroxylation is 1. The van der Waals surface area contributed by atoms with Gasteiger partial charge in [-0.05, 0) is 19.3 Å². The van der Waals surface area contributed by atoms with Gasteiger partial charge in [0.15, 0.2) is 0 Å². The fourth-order valence-electron chi connectivity index (χ4n) is 2.23. The fourth-order valence-corrected chi connectivity index (χ4v) is 3.72. The Kier molecular flexibility index (Phi) is 5.42. The summed E-state index contributed by atoms with van der Waals surface area (Å²) >= 11 is 5.62. The van der Waals surface area contributed by atoms with Gasteiger partial charge in [-0.1, -0.05) is 0 Å². The molecule has 2 rings (SSSR count). The van der Waals surface area contributed by atoms with Crippen molar-refractivity contribution in [1.29, 1.82) is 0 Å². The first-order valence-electron chi connectivity index (χ1n) is 6.70. The summed E-state index contributed by atoms with van der Waals surface area (Å²) in [5, 5.41) is 4.08. The Hall–Kier alpha value is -0.630. The molecule has 0 atom stereocenters. The molecule has 8 heteroatoms. The zero-order valence-electron chi connectivity index (χ0n) is 11.5. The smallest absolute Gasteiger partial charge is 0.246 e. The number of hydrogen-bond acceptors (Lipinski definition) is 4. The van der Waals surface area contributed by atoms with Crippen LogP contribution in [0, 0.1) is 0 Å². The summed E-state index contributed by atoms with van der Waals surface area (Å²) in [4.78, 5) is 0.237. The SMILES string of the molecule is CN(C1CCOCC1)S(=O)(=O)c1cnn(CCCCl)c1. The Bertz CT molecular complexity index is 526. The maximum atomic E-state index is 12.5. The van der Waals surface area contributed by atoms with Crippen LogP contribution >= 0.6 is 11.6 Å². The number of alkyl halides is 1. The molecule has 0 aromatic carbocycles. The minimum Gasteiger partial charge on any atom is -0.381 e. The van der Waals surface area contributed by atoms with Crippen molar-refractivity contribution >= 4 is 21.6 Å². The van der Waals surface area contributed by atoms with E-state index in [0.29, 0.717) is 25.6 Å². The molecule has 2 heterocycles. The average Bonchev–Trinajstić information content (AvgIpc) is 2.94. The molecule has 0 spiro atoms. The van der Waals surface area contributed by atoms with Gasteiger partial charge in [-0.3, -0.25) is 4.68 Å². The molecule has 0 radical (unpaired) electrons. The van der Waals surface area contributed by atoms with E-state index in [2.05, 4.69) is 5.10 Å². The first-order valence-corrected chi connectivity index (χ1v) is 8.67. The van der Waals surface area contributed by atoms with Crippen molar-refractivity contribution in [3.63, 3.8) is 0 Å². The van der Waals surface area contributed by atoms with Gasteiger partial charge in [0.1, 0.15) is 4.90 Å². The molecule has 1 aliphatic heterocycles. The summed E-state index contributed by atoms with van der Waals surface area (Å²) in [5.41, 5.74) is 0. The molecule has 0 saturated carbocycles. The standard InChI is InChI=1S/C12H20ClN3O3S/c1-15(11-3-7-19-8-4-11)20(17,18)12-9-14-16(10-12)6-2-5-13/h9-11H,2-8H2,1H3. The van der Waals surface area contributed by atoms with Crippen LogP contribution < -0.4 is 0 Å². The average molecular weight is 322 g/mol. The van der Waals surface area contributed by atoms with Crippen LogP contribution in [0.4, 0.5) is 0 Å². The van der Waals surface area contributed by atoms with E-state index < -0.39 is 10.0 Å². The molecule has 20 heavy (non-hydrogen) atoms. The maximum absolute atomic E-state index is 12.5. The molecule has 0 aliphatic carbocycles. The minimum atomic E-state index is -3.48. The molecular weight excluding hydrogens is 302 g/mol. The van der Waals surface area contributed by atoms with Gasteiger partial charge < -0.3 is 4.74 Å². The predicted octanol–water partition coefficient (Wildman–Crippen LogP) is 1.31. The van der Waals surface area contributed by atoms with Crippen molar-refractivity contribution in [2.75, 3.05) is 26.1 Å². The van der Waals surface area contributed by atoms with E-state index in [9.17, 15) is 8.42 Å². The molecule has 0 unspecified atom stereocenters. The van der Waals surface area contributed by atoms with Gasteiger partial charge in [-0.2, -0.15) is 9.40 Å². The topological polar surface area (TPSA) is 64.4 Å². The predicted molar refractivity (Wildman–Crippen MR) is 76.4 cm³/mol. The van der Waals surface area contributed by atoms with Gasteiger partial charge >= 0.3 is 0 Å². The lowest BCUT2D eigenvalue weighted by Gasteiger charge is -2.29. The largest absolute Gasteiger partial charge is 0.381 e. The number of sulfonamides is 1. The quantitative estimate of drug-likeness (QED) is 0.741. The van der Waals surface area contributed by atoms with Gasteiger partial charge in [-0.15, -0.1) is 11.6 Å². The van der Waals surface area contributed by atoms with E-state index >= 15 is 0 Å². The van der Waals surface area contributed by atoms with Gasteiger partial charge in [0.25, 0.3) is 0 Å². The number of rotatable bonds is 6. The Morgan fingerprint density at radius 1 is 1.50 bits per heavy atom. The van der Waals surface area contributed by atoms with Crippen molar-refractivity contribution in [1.82, 2.24) is 14.1 Å². The van der Waals surface area contributed by atoms with E-state index in [4.69, 9.17) is 16.3 Å². The molecule has 114 valence electrons. The highest BCUT2D eigenvalue weighted by Crippen LogP contribution is 2.21. The molecule has 6 nitrogen and oxygen atoms in total. The Morgan fingerprint density at radius 2 is 2.20 bits per heavy atom. The van der Waals surface area contributed by atoms with Crippen LogP contribution in [0.5, 0.6) is 0 Å². The van der Waals surface area contributed by atoms with E-state index in [1.165, 1.54) is 10.5 Å². The summed E-state index contributed by atoms with van der Waals surface area (Å²) in [6.45, 7) is 1.85. The molecule has 1 fully saturated rings. The summed E-state index contributed by atoms with van der Waals surface area (Å²) in [6, 6.07) is -0.0000539. The van der Waals surface area contributed by atoms with Crippen molar-refractivity contribution in [3.8, 4) is 0 Å². The van der Waals surface area contributed by atoms with Crippen LogP contribution in [0.15, 0.2) is 17.3 Å². The lowest BCUT2D eigenvalue weighted by atomic mass is 10.1. The molecule has 1 aliphatic rings. The Labute approximate surface area is 124 Å². The fraction of sp³-hybridized carbons (Fsp3) is 0.750. The van der Waals surface area contributed by atoms with E-state index in [0.717, 1.165) is 19.3 Å². The lowest BCUT2D eigenvalue weighted by Crippen LogP contribution is -2.40. The first kappa shape index (κ1) is 15.8. The van der Waals surface area contributed by atoms with Crippen molar-refractivity contribution in [3.05, 3.63) is 12.4 Å². The van der Waals surface area contributed by atoms with Crippen LogP contribution in [0.3, 0.4) is 0 Å². The Morgan fingerprint density at radius 3 is 2.85 bits per heavy atom. The highest BCUT2D eigenvalue weighted by atomic mass is 35.5. The molecule has 0 bridgehead atoms. The highest BCUT2D eigenvalue weighted by molar-refractivity contribution is 7.89. The minimum absolute atomic E-state index is 0.0000539. The van der Waals surface area contributed by atoms with E-state index in [1.54, 1.807) is 17.9 Å². The molecule has 0 amide bonds. The molecular formula is C12H20ClN3O3S. The molecule has 0 N–H and O–H groups in total. The number of halogens is 1. The van der Waals surface area contributed by atoms with Gasteiger partial charge in [0.05, 0.1) is 6.20 Å². The molecule has 1 aromatic heterocycles. The third-order valence-corrected chi connectivity index (χ3v) is 5.64. The third kappa shape index (κ3) is 3.52. The normalized spacial score (nSPS) is 17.8. The van der Waals surface area contributed by atoms with Crippen molar-refractivity contribution in [2.45, 2.75) is 36.7 Å².